The maximum Gasteiger partial charge on any atom is 0.455 e. The molecule has 10 heteroatoms. The minimum absolute atomic E-state index is 0.0805. The van der Waals surface area contributed by atoms with E-state index in [1.54, 1.807) is 0 Å². The maximum atomic E-state index is 13.6. The number of hydrogen-bond acceptors (Lipinski definition) is 4. The van der Waals surface area contributed by atoms with Crippen molar-refractivity contribution >= 4 is 11.8 Å². The summed E-state index contributed by atoms with van der Waals surface area (Å²) in [5.74, 6) is -5.96. The van der Waals surface area contributed by atoms with E-state index in [0.29, 0.717) is 4.68 Å². The Morgan fingerprint density at radius 2 is 2.05 bits per heavy atom. The Morgan fingerprint density at radius 3 is 2.57 bits per heavy atom. The molecule has 1 N–H and O–H groups in total. The van der Waals surface area contributed by atoms with Gasteiger partial charge in [0, 0.05) is 12.1 Å². The van der Waals surface area contributed by atoms with Gasteiger partial charge in [-0.1, -0.05) is 0 Å². The van der Waals surface area contributed by atoms with Gasteiger partial charge < -0.3 is 10.1 Å². The average Bonchev–Trinajstić information content (AvgIpc) is 2.78. The van der Waals surface area contributed by atoms with Crippen LogP contribution in [0.1, 0.15) is 29.9 Å². The lowest BCUT2D eigenvalue weighted by molar-refractivity contribution is -0.301. The minimum atomic E-state index is -5.70. The van der Waals surface area contributed by atoms with E-state index in [9.17, 15) is 26.7 Å². The van der Waals surface area contributed by atoms with E-state index in [1.807, 2.05) is 0 Å². The first-order valence-electron chi connectivity index (χ1n) is 5.97. The molecule has 0 fully saturated rings. The predicted octanol–water partition coefficient (Wildman–Crippen LogP) is 2.61. The molecule has 0 spiro atoms. The van der Waals surface area contributed by atoms with E-state index in [2.05, 4.69) is 15.2 Å². The van der Waals surface area contributed by atoms with E-state index in [0.717, 1.165) is 13.2 Å². The molecule has 2 heterocycles. The highest BCUT2D eigenvalue weighted by Crippen LogP contribution is 2.47. The Morgan fingerprint density at radius 1 is 1.43 bits per heavy atom. The van der Waals surface area contributed by atoms with Crippen molar-refractivity contribution in [2.24, 2.45) is 0 Å². The summed E-state index contributed by atoms with van der Waals surface area (Å²) in [6.07, 6.45) is -6.19. The zero-order valence-corrected chi connectivity index (χ0v) is 11.0. The predicted molar refractivity (Wildman–Crippen MR) is 61.3 cm³/mol. The molecule has 118 valence electrons. The van der Waals surface area contributed by atoms with Crippen LogP contribution in [-0.2, 0) is 4.74 Å². The number of nitrogens with one attached hydrogen (secondary N) is 1. The highest BCUT2D eigenvalue weighted by atomic mass is 19.4. The zero-order valence-electron chi connectivity index (χ0n) is 11.0. The van der Waals surface area contributed by atoms with Gasteiger partial charge in [-0.25, -0.2) is 9.48 Å². The molecule has 0 radical (unpaired) electrons. The minimum Gasteiger partial charge on any atom is -0.464 e. The lowest BCUT2D eigenvalue weighted by atomic mass is 9.99. The summed E-state index contributed by atoms with van der Waals surface area (Å²) in [6, 6.07) is -1.76. The number of carbonyl (C=O) groups excluding carboxylic acids is 1. The summed E-state index contributed by atoms with van der Waals surface area (Å²) in [6.45, 7) is 1.47. The molecule has 0 saturated carbocycles. The second-order valence-electron chi connectivity index (χ2n) is 4.77. The number of anilines is 1. The van der Waals surface area contributed by atoms with E-state index >= 15 is 0 Å². The third-order valence-electron chi connectivity index (χ3n) is 3.19. The van der Waals surface area contributed by atoms with Gasteiger partial charge >= 0.3 is 18.1 Å². The monoisotopic (exact) mass is 313 g/mol. The van der Waals surface area contributed by atoms with Crippen molar-refractivity contribution in [1.82, 2.24) is 9.78 Å². The standard InChI is InChI=1S/C11H12F5N3O2/c1-5-3-7(10(12,13)11(14,15)16)19-8(17-5)4-6(18-19)9(20)21-2/h4-5,7,17H,3H2,1-2H3. The van der Waals surface area contributed by atoms with Crippen LogP contribution in [0.5, 0.6) is 0 Å². The van der Waals surface area contributed by atoms with E-state index in [4.69, 9.17) is 0 Å². The maximum absolute atomic E-state index is 13.6. The number of ether oxygens (including phenoxy) is 1. The fourth-order valence-electron chi connectivity index (χ4n) is 2.18. The molecule has 2 rings (SSSR count). The van der Waals surface area contributed by atoms with Gasteiger partial charge in [0.25, 0.3) is 0 Å². The molecule has 1 aromatic heterocycles. The zero-order chi connectivity index (χ0) is 16.0. The molecule has 1 aliphatic rings. The Labute approximate surface area is 116 Å². The van der Waals surface area contributed by atoms with Crippen molar-refractivity contribution in [2.45, 2.75) is 37.5 Å². The molecule has 5 nitrogen and oxygen atoms in total. The highest BCUT2D eigenvalue weighted by Gasteiger charge is 2.64. The van der Waals surface area contributed by atoms with Crippen LogP contribution in [0.25, 0.3) is 0 Å². The molecule has 0 saturated heterocycles. The first kappa shape index (κ1) is 15.5. The number of halogens is 5. The Balaban J connectivity index is 2.48. The summed E-state index contributed by atoms with van der Waals surface area (Å²) in [5, 5.41) is 6.22. The third-order valence-corrected chi connectivity index (χ3v) is 3.19. The van der Waals surface area contributed by atoms with Crippen LogP contribution in [0, 0.1) is 0 Å². The largest absolute Gasteiger partial charge is 0.464 e. The number of carbonyl (C=O) groups is 1. The number of fused-ring (bicyclic) bond motifs is 1. The van der Waals surface area contributed by atoms with Crippen molar-refractivity contribution in [3.8, 4) is 0 Å². The summed E-state index contributed by atoms with van der Waals surface area (Å²) in [7, 11) is 1.05. The molecule has 21 heavy (non-hydrogen) atoms. The van der Waals surface area contributed by atoms with E-state index in [1.165, 1.54) is 6.92 Å². The van der Waals surface area contributed by atoms with Crippen LogP contribution < -0.4 is 5.32 Å². The van der Waals surface area contributed by atoms with Gasteiger partial charge in [-0.2, -0.15) is 27.1 Å². The molecule has 1 aromatic rings. The molecule has 0 aliphatic carbocycles. The normalized spacial score (nSPS) is 22.4. The quantitative estimate of drug-likeness (QED) is 0.673. The second-order valence-corrected chi connectivity index (χ2v) is 4.77. The van der Waals surface area contributed by atoms with Crippen LogP contribution in [0.2, 0.25) is 0 Å². The topological polar surface area (TPSA) is 56.2 Å². The number of rotatable bonds is 2. The summed E-state index contributed by atoms with van der Waals surface area (Å²) >= 11 is 0. The molecule has 1 aliphatic heterocycles. The lowest BCUT2D eigenvalue weighted by Gasteiger charge is -2.35. The van der Waals surface area contributed by atoms with Crippen molar-refractivity contribution < 1.29 is 31.5 Å². The Kier molecular flexibility index (Phi) is 3.58. The van der Waals surface area contributed by atoms with Crippen molar-refractivity contribution in [1.29, 1.82) is 0 Å². The number of methoxy groups -OCH3 is 1. The number of esters is 1. The van der Waals surface area contributed by atoms with Crippen LogP contribution in [0.3, 0.4) is 0 Å². The molecule has 2 atom stereocenters. The first-order valence-corrected chi connectivity index (χ1v) is 5.97. The number of aromatic nitrogens is 2. The van der Waals surface area contributed by atoms with Crippen LogP contribution in [0.4, 0.5) is 27.8 Å². The van der Waals surface area contributed by atoms with Gasteiger partial charge in [0.2, 0.25) is 0 Å². The molecule has 0 amide bonds. The summed E-state index contributed by atoms with van der Waals surface area (Å²) < 4.78 is 69.8. The SMILES string of the molecule is COC(=O)c1cc2n(n1)C(C(F)(F)C(F)(F)F)CC(C)N2. The van der Waals surface area contributed by atoms with Gasteiger partial charge in [-0.05, 0) is 13.3 Å². The summed E-state index contributed by atoms with van der Waals surface area (Å²) in [4.78, 5) is 11.3. The van der Waals surface area contributed by atoms with Crippen molar-refractivity contribution in [2.75, 3.05) is 12.4 Å². The summed E-state index contributed by atoms with van der Waals surface area (Å²) in [5.41, 5.74) is -0.336. The van der Waals surface area contributed by atoms with Crippen LogP contribution in [0.15, 0.2) is 6.07 Å². The number of hydrogen-bond donors (Lipinski definition) is 1. The lowest BCUT2D eigenvalue weighted by Crippen LogP contribution is -2.48. The van der Waals surface area contributed by atoms with Crippen LogP contribution in [-0.4, -0.2) is 41.0 Å². The highest BCUT2D eigenvalue weighted by molar-refractivity contribution is 5.88. The average molecular weight is 313 g/mol. The third kappa shape index (κ3) is 2.54. The van der Waals surface area contributed by atoms with E-state index < -0.39 is 36.6 Å². The van der Waals surface area contributed by atoms with Gasteiger partial charge in [0.15, 0.2) is 5.69 Å². The Hall–Kier alpha value is -1.87. The van der Waals surface area contributed by atoms with Gasteiger partial charge in [0.1, 0.15) is 11.9 Å². The van der Waals surface area contributed by atoms with Gasteiger partial charge in [-0.3, -0.25) is 0 Å². The fourth-order valence-corrected chi connectivity index (χ4v) is 2.18. The van der Waals surface area contributed by atoms with Gasteiger partial charge in [0.05, 0.1) is 7.11 Å². The van der Waals surface area contributed by atoms with E-state index in [-0.39, 0.29) is 11.5 Å². The Bertz CT molecular complexity index is 555. The molecular formula is C11H12F5N3O2. The van der Waals surface area contributed by atoms with Crippen LogP contribution >= 0.6 is 0 Å². The first-order chi connectivity index (χ1) is 9.57. The molecule has 0 aromatic carbocycles. The molecular weight excluding hydrogens is 301 g/mol. The van der Waals surface area contributed by atoms with Crippen molar-refractivity contribution in [3.63, 3.8) is 0 Å². The number of nitrogens with zero attached hydrogens (tertiary/aromatic N) is 2. The van der Waals surface area contributed by atoms with Crippen molar-refractivity contribution in [3.05, 3.63) is 11.8 Å². The molecule has 0 bridgehead atoms. The fraction of sp³-hybridized carbons (Fsp3) is 0.636. The second kappa shape index (κ2) is 4.85. The van der Waals surface area contributed by atoms with Gasteiger partial charge in [-0.15, -0.1) is 0 Å². The molecule has 2 unspecified atom stereocenters. The smallest absolute Gasteiger partial charge is 0.455 e. The number of alkyl halides is 5.